The molecule has 1 aliphatic rings. The molecular formula is C15H21NO3. The number of aliphatic hydroxyl groups is 1. The van der Waals surface area contributed by atoms with Crippen LogP contribution in [0.5, 0.6) is 5.75 Å². The van der Waals surface area contributed by atoms with Crippen LogP contribution in [0.1, 0.15) is 42.1 Å². The molecule has 0 bridgehead atoms. The van der Waals surface area contributed by atoms with E-state index in [1.165, 1.54) is 0 Å². The number of phenolic OH excluding ortho intramolecular Hbond substituents is 1. The van der Waals surface area contributed by atoms with E-state index in [4.69, 9.17) is 0 Å². The third-order valence-corrected chi connectivity index (χ3v) is 3.79. The van der Waals surface area contributed by atoms with Gasteiger partial charge in [0.15, 0.2) is 0 Å². The third kappa shape index (κ3) is 2.89. The number of aliphatic hydroxyl groups excluding tert-OH is 1. The minimum atomic E-state index is -0.399. The number of aromatic hydroxyl groups is 1. The van der Waals surface area contributed by atoms with Gasteiger partial charge in [0, 0.05) is 23.7 Å². The Morgan fingerprint density at radius 3 is 2.95 bits per heavy atom. The molecule has 0 saturated carbocycles. The van der Waals surface area contributed by atoms with Crippen molar-refractivity contribution in [2.75, 3.05) is 6.54 Å². The largest absolute Gasteiger partial charge is 0.508 e. The number of carbonyl (C=O) groups excluding carboxylic acids is 1. The highest BCUT2D eigenvalue weighted by atomic mass is 16.3. The number of hydrogen-bond donors (Lipinski definition) is 2. The molecule has 4 heteroatoms. The first-order valence-electron chi connectivity index (χ1n) is 6.78. The summed E-state index contributed by atoms with van der Waals surface area (Å²) in [6.07, 6.45) is 2.13. The van der Waals surface area contributed by atoms with Crippen molar-refractivity contribution in [2.24, 2.45) is 0 Å². The number of benzene rings is 1. The number of hydrogen-bond acceptors (Lipinski definition) is 3. The van der Waals surface area contributed by atoms with Crippen molar-refractivity contribution in [1.82, 2.24) is 4.90 Å². The van der Waals surface area contributed by atoms with Crippen LogP contribution in [0.4, 0.5) is 0 Å². The van der Waals surface area contributed by atoms with E-state index in [1.807, 2.05) is 4.90 Å². The van der Waals surface area contributed by atoms with Crippen molar-refractivity contribution in [3.05, 3.63) is 29.3 Å². The van der Waals surface area contributed by atoms with Crippen LogP contribution in [-0.2, 0) is 0 Å². The second-order valence-corrected chi connectivity index (χ2v) is 5.33. The van der Waals surface area contributed by atoms with Gasteiger partial charge in [-0.25, -0.2) is 0 Å². The fraction of sp³-hybridized carbons (Fsp3) is 0.533. The van der Waals surface area contributed by atoms with Crippen LogP contribution < -0.4 is 0 Å². The molecule has 4 nitrogen and oxygen atoms in total. The predicted molar refractivity (Wildman–Crippen MR) is 73.2 cm³/mol. The molecule has 0 spiro atoms. The molecule has 1 amide bonds. The molecule has 104 valence electrons. The molecule has 19 heavy (non-hydrogen) atoms. The summed E-state index contributed by atoms with van der Waals surface area (Å²) in [5, 5.41) is 19.2. The van der Waals surface area contributed by atoms with Gasteiger partial charge in [-0.3, -0.25) is 4.79 Å². The number of rotatable bonds is 3. The lowest BCUT2D eigenvalue weighted by Gasteiger charge is -2.26. The van der Waals surface area contributed by atoms with Crippen LogP contribution in [0.25, 0.3) is 0 Å². The van der Waals surface area contributed by atoms with Gasteiger partial charge in [-0.05, 0) is 45.2 Å². The monoisotopic (exact) mass is 263 g/mol. The Morgan fingerprint density at radius 2 is 2.26 bits per heavy atom. The number of likely N-dealkylation sites (tertiary alicyclic amines) is 1. The molecule has 1 heterocycles. The van der Waals surface area contributed by atoms with Gasteiger partial charge in [0.2, 0.25) is 0 Å². The molecule has 2 unspecified atom stereocenters. The fourth-order valence-electron chi connectivity index (χ4n) is 2.75. The summed E-state index contributed by atoms with van der Waals surface area (Å²) >= 11 is 0. The summed E-state index contributed by atoms with van der Waals surface area (Å²) in [6.45, 7) is 4.23. The molecule has 2 atom stereocenters. The highest BCUT2D eigenvalue weighted by molar-refractivity contribution is 5.96. The van der Waals surface area contributed by atoms with E-state index in [2.05, 4.69) is 0 Å². The average molecular weight is 263 g/mol. The van der Waals surface area contributed by atoms with Gasteiger partial charge in [0.05, 0.1) is 6.10 Å². The predicted octanol–water partition coefficient (Wildman–Crippen LogP) is 2.08. The Bertz CT molecular complexity index is 470. The minimum absolute atomic E-state index is 0.0449. The van der Waals surface area contributed by atoms with Crippen LogP contribution in [0.2, 0.25) is 0 Å². The van der Waals surface area contributed by atoms with Crippen LogP contribution in [0.3, 0.4) is 0 Å². The molecule has 2 N–H and O–H groups in total. The summed E-state index contributed by atoms with van der Waals surface area (Å²) in [5.74, 6) is 0.105. The van der Waals surface area contributed by atoms with Crippen molar-refractivity contribution in [2.45, 2.75) is 45.3 Å². The summed E-state index contributed by atoms with van der Waals surface area (Å²) in [4.78, 5) is 14.4. The van der Waals surface area contributed by atoms with Gasteiger partial charge in [0.1, 0.15) is 5.75 Å². The zero-order chi connectivity index (χ0) is 14.0. The average Bonchev–Trinajstić information content (AvgIpc) is 2.79. The molecule has 1 aliphatic heterocycles. The Balaban J connectivity index is 2.21. The lowest BCUT2D eigenvalue weighted by atomic mass is 10.0. The van der Waals surface area contributed by atoms with Crippen LogP contribution in [0, 0.1) is 6.92 Å². The number of phenols is 1. The standard InChI is InChI=1S/C15H21NO3/c1-10(17)9-12-5-4-8-16(12)15(19)13-6-3-7-14(18)11(13)2/h3,6-7,10,12,17-18H,4-5,8-9H2,1-2H3. The number of nitrogens with zero attached hydrogens (tertiary/aromatic N) is 1. The molecule has 0 radical (unpaired) electrons. The van der Waals surface area contributed by atoms with Gasteiger partial charge >= 0.3 is 0 Å². The Labute approximate surface area is 113 Å². The minimum Gasteiger partial charge on any atom is -0.508 e. The SMILES string of the molecule is Cc1c(O)cccc1C(=O)N1CCCC1CC(C)O. The van der Waals surface area contributed by atoms with Gasteiger partial charge in [0.25, 0.3) is 5.91 Å². The van der Waals surface area contributed by atoms with Crippen molar-refractivity contribution >= 4 is 5.91 Å². The Morgan fingerprint density at radius 1 is 1.53 bits per heavy atom. The van der Waals surface area contributed by atoms with E-state index in [-0.39, 0.29) is 17.7 Å². The zero-order valence-electron chi connectivity index (χ0n) is 11.5. The van der Waals surface area contributed by atoms with Crippen molar-refractivity contribution in [1.29, 1.82) is 0 Å². The molecule has 1 saturated heterocycles. The van der Waals surface area contributed by atoms with Crippen molar-refractivity contribution in [3.8, 4) is 5.75 Å². The summed E-state index contributed by atoms with van der Waals surface area (Å²) in [5.41, 5.74) is 1.17. The van der Waals surface area contributed by atoms with E-state index < -0.39 is 6.10 Å². The third-order valence-electron chi connectivity index (χ3n) is 3.79. The highest BCUT2D eigenvalue weighted by Gasteiger charge is 2.30. The normalized spacial score (nSPS) is 20.6. The molecule has 2 rings (SSSR count). The van der Waals surface area contributed by atoms with Crippen LogP contribution >= 0.6 is 0 Å². The first-order chi connectivity index (χ1) is 9.00. The van der Waals surface area contributed by atoms with Gasteiger partial charge in [-0.15, -0.1) is 0 Å². The second-order valence-electron chi connectivity index (χ2n) is 5.33. The summed E-state index contributed by atoms with van der Waals surface area (Å²) in [6, 6.07) is 5.13. The molecule has 1 aromatic rings. The van der Waals surface area contributed by atoms with Crippen molar-refractivity contribution in [3.63, 3.8) is 0 Å². The Hall–Kier alpha value is -1.55. The second kappa shape index (κ2) is 5.61. The number of carbonyl (C=O) groups is 1. The quantitative estimate of drug-likeness (QED) is 0.877. The molecule has 1 fully saturated rings. The van der Waals surface area contributed by atoms with Gasteiger partial charge < -0.3 is 15.1 Å². The maximum Gasteiger partial charge on any atom is 0.254 e. The van der Waals surface area contributed by atoms with E-state index in [9.17, 15) is 15.0 Å². The van der Waals surface area contributed by atoms with Gasteiger partial charge in [-0.1, -0.05) is 6.07 Å². The first-order valence-corrected chi connectivity index (χ1v) is 6.78. The van der Waals surface area contributed by atoms with E-state index in [0.717, 1.165) is 19.4 Å². The molecule has 1 aromatic carbocycles. The van der Waals surface area contributed by atoms with Crippen molar-refractivity contribution < 1.29 is 15.0 Å². The first kappa shape index (κ1) is 13.9. The maximum absolute atomic E-state index is 12.5. The Kier molecular flexibility index (Phi) is 4.10. The fourth-order valence-corrected chi connectivity index (χ4v) is 2.75. The lowest BCUT2D eigenvalue weighted by molar-refractivity contribution is 0.0681. The summed E-state index contributed by atoms with van der Waals surface area (Å²) < 4.78 is 0. The maximum atomic E-state index is 12.5. The van der Waals surface area contributed by atoms with Gasteiger partial charge in [-0.2, -0.15) is 0 Å². The van der Waals surface area contributed by atoms with Crippen LogP contribution in [0.15, 0.2) is 18.2 Å². The molecule has 0 aromatic heterocycles. The van der Waals surface area contributed by atoms with E-state index >= 15 is 0 Å². The smallest absolute Gasteiger partial charge is 0.254 e. The van der Waals surface area contributed by atoms with E-state index in [0.29, 0.717) is 17.5 Å². The lowest BCUT2D eigenvalue weighted by Crippen LogP contribution is -2.37. The van der Waals surface area contributed by atoms with Crippen LogP contribution in [-0.4, -0.2) is 39.7 Å². The molecular weight excluding hydrogens is 242 g/mol. The zero-order valence-corrected chi connectivity index (χ0v) is 11.5. The molecule has 0 aliphatic carbocycles. The highest BCUT2D eigenvalue weighted by Crippen LogP contribution is 2.27. The van der Waals surface area contributed by atoms with E-state index in [1.54, 1.807) is 32.0 Å². The number of amides is 1. The topological polar surface area (TPSA) is 60.8 Å². The summed E-state index contributed by atoms with van der Waals surface area (Å²) in [7, 11) is 0.